The first-order valence-electron chi connectivity index (χ1n) is 26.5. The Morgan fingerprint density at radius 3 is 1.45 bits per heavy atom. The SMILES string of the molecule is CCCCCCCC/C=C\CCCCCC(=O)OC(COC(=O)CCCCCCCCCCCCCCCCCC)COP(=O)(O)OC1C(O)C(O)C(O)C(O)C1OC1OC(CO)C(O)C(O)C1O. The van der Waals surface area contributed by atoms with Crippen LogP contribution in [-0.2, 0) is 42.1 Å². The van der Waals surface area contributed by atoms with E-state index in [2.05, 4.69) is 26.0 Å². The van der Waals surface area contributed by atoms with Gasteiger partial charge in [0.25, 0.3) is 0 Å². The van der Waals surface area contributed by atoms with Gasteiger partial charge in [0.1, 0.15) is 67.6 Å². The number of aliphatic hydroxyl groups is 8. The van der Waals surface area contributed by atoms with Gasteiger partial charge in [0.05, 0.1) is 13.2 Å². The summed E-state index contributed by atoms with van der Waals surface area (Å²) in [6, 6.07) is 0. The lowest BCUT2D eigenvalue weighted by atomic mass is 9.84. The molecule has 0 aromatic rings. The lowest BCUT2D eigenvalue weighted by molar-refractivity contribution is -0.338. The van der Waals surface area contributed by atoms with Crippen LogP contribution in [0.5, 0.6) is 0 Å². The molecule has 1 saturated heterocycles. The third-order valence-electron chi connectivity index (χ3n) is 13.0. The van der Waals surface area contributed by atoms with Crippen LogP contribution in [-0.4, -0.2) is 151 Å². The summed E-state index contributed by atoms with van der Waals surface area (Å²) < 4.78 is 45.5. The highest BCUT2D eigenvalue weighted by molar-refractivity contribution is 7.47. The van der Waals surface area contributed by atoms with E-state index in [9.17, 15) is 59.9 Å². The lowest BCUT2D eigenvalue weighted by Gasteiger charge is -2.47. The molecule has 2 rings (SSSR count). The summed E-state index contributed by atoms with van der Waals surface area (Å²) in [6.07, 6.45) is 11.5. The molecule has 1 aliphatic heterocycles. The van der Waals surface area contributed by atoms with Crippen LogP contribution in [0.2, 0.25) is 0 Å². The predicted octanol–water partition coefficient (Wildman–Crippen LogP) is 6.49. The molecule has 18 nitrogen and oxygen atoms in total. The van der Waals surface area contributed by atoms with Crippen molar-refractivity contribution in [1.29, 1.82) is 0 Å². The number of unbranched alkanes of at least 4 members (excludes halogenated alkanes) is 24. The molecule has 1 heterocycles. The second-order valence-corrected chi connectivity index (χ2v) is 20.5. The summed E-state index contributed by atoms with van der Waals surface area (Å²) >= 11 is 0. The molecular weight excluding hydrogens is 920 g/mol. The summed E-state index contributed by atoms with van der Waals surface area (Å²) in [5.74, 6) is -1.23. The van der Waals surface area contributed by atoms with Gasteiger partial charge >= 0.3 is 19.8 Å². The smallest absolute Gasteiger partial charge is 0.462 e. The van der Waals surface area contributed by atoms with Gasteiger partial charge in [-0.25, -0.2) is 4.57 Å². The molecule has 1 saturated carbocycles. The van der Waals surface area contributed by atoms with Crippen molar-refractivity contribution in [3.63, 3.8) is 0 Å². The number of carbonyl (C=O) groups excluding carboxylic acids is 2. The first kappa shape index (κ1) is 63.5. The number of hydrogen-bond acceptors (Lipinski definition) is 17. The van der Waals surface area contributed by atoms with Gasteiger partial charge in [0.15, 0.2) is 12.4 Å². The number of esters is 2. The Morgan fingerprint density at radius 1 is 0.536 bits per heavy atom. The van der Waals surface area contributed by atoms with Gasteiger partial charge in [-0.2, -0.15) is 0 Å². The first-order chi connectivity index (χ1) is 33.2. The van der Waals surface area contributed by atoms with Crippen LogP contribution in [0.1, 0.15) is 200 Å². The highest BCUT2D eigenvalue weighted by Gasteiger charge is 2.55. The van der Waals surface area contributed by atoms with E-state index < -0.39 is 113 Å². The number of aliphatic hydroxyl groups excluding tert-OH is 8. The monoisotopic (exact) mass is 1010 g/mol. The van der Waals surface area contributed by atoms with E-state index in [0.717, 1.165) is 51.4 Å². The second kappa shape index (κ2) is 38.0. The number of hydrogen-bond donors (Lipinski definition) is 9. The summed E-state index contributed by atoms with van der Waals surface area (Å²) in [6.45, 7) is 2.22. The zero-order valence-corrected chi connectivity index (χ0v) is 42.8. The summed E-state index contributed by atoms with van der Waals surface area (Å²) in [7, 11) is -5.37. The minimum absolute atomic E-state index is 0.0156. The first-order valence-corrected chi connectivity index (χ1v) is 28.0. The average Bonchev–Trinajstić information content (AvgIpc) is 3.33. The predicted molar refractivity (Wildman–Crippen MR) is 259 cm³/mol. The summed E-state index contributed by atoms with van der Waals surface area (Å²) in [5.41, 5.74) is 0. The van der Waals surface area contributed by atoms with Crippen molar-refractivity contribution in [3.8, 4) is 0 Å². The van der Waals surface area contributed by atoms with Crippen LogP contribution < -0.4 is 0 Å². The van der Waals surface area contributed by atoms with Crippen LogP contribution in [0.4, 0.5) is 0 Å². The van der Waals surface area contributed by atoms with E-state index in [0.29, 0.717) is 12.8 Å². The highest BCUT2D eigenvalue weighted by Crippen LogP contribution is 2.48. The molecule has 0 radical (unpaired) electrons. The number of phosphoric ester groups is 1. The van der Waals surface area contributed by atoms with Crippen LogP contribution in [0.3, 0.4) is 0 Å². The van der Waals surface area contributed by atoms with Crippen LogP contribution in [0, 0.1) is 0 Å². The Balaban J connectivity index is 1.92. The number of ether oxygens (including phenoxy) is 4. The van der Waals surface area contributed by atoms with Gasteiger partial charge in [-0.05, 0) is 38.5 Å². The van der Waals surface area contributed by atoms with Crippen LogP contribution >= 0.6 is 7.82 Å². The molecule has 2 aliphatic rings. The average molecular weight is 1010 g/mol. The molecule has 1 aliphatic carbocycles. The topological polar surface area (TPSA) is 289 Å². The van der Waals surface area contributed by atoms with E-state index >= 15 is 0 Å². The Labute approximate surface area is 412 Å². The fourth-order valence-corrected chi connectivity index (χ4v) is 9.55. The van der Waals surface area contributed by atoms with Crippen molar-refractivity contribution >= 4 is 19.8 Å². The van der Waals surface area contributed by atoms with E-state index in [1.165, 1.54) is 109 Å². The Hall–Kier alpha value is -1.61. The van der Waals surface area contributed by atoms with Crippen molar-refractivity contribution in [2.45, 2.75) is 273 Å². The van der Waals surface area contributed by atoms with Gasteiger partial charge in [0.2, 0.25) is 0 Å². The van der Waals surface area contributed by atoms with Gasteiger partial charge in [-0.15, -0.1) is 0 Å². The van der Waals surface area contributed by atoms with E-state index in [1.54, 1.807) is 0 Å². The minimum atomic E-state index is -5.37. The molecule has 19 heteroatoms. The van der Waals surface area contributed by atoms with Crippen LogP contribution in [0.15, 0.2) is 12.2 Å². The number of carbonyl (C=O) groups is 2. The third kappa shape index (κ3) is 26.8. The summed E-state index contributed by atoms with van der Waals surface area (Å²) in [4.78, 5) is 36.6. The Morgan fingerprint density at radius 2 is 0.957 bits per heavy atom. The quantitative estimate of drug-likeness (QED) is 0.0137. The molecule has 2 fully saturated rings. The fourth-order valence-electron chi connectivity index (χ4n) is 8.58. The number of allylic oxidation sites excluding steroid dienone is 2. The largest absolute Gasteiger partial charge is 0.472 e. The molecule has 0 amide bonds. The zero-order valence-electron chi connectivity index (χ0n) is 41.9. The normalized spacial score (nSPS) is 27.6. The van der Waals surface area contributed by atoms with Crippen LogP contribution in [0.25, 0.3) is 0 Å². The molecule has 9 N–H and O–H groups in total. The molecule has 0 bridgehead atoms. The van der Waals surface area contributed by atoms with Gasteiger partial charge in [-0.1, -0.05) is 161 Å². The molecular formula is C50H93O18P. The van der Waals surface area contributed by atoms with Crippen molar-refractivity contribution in [2.24, 2.45) is 0 Å². The molecule has 0 aromatic carbocycles. The van der Waals surface area contributed by atoms with Gasteiger partial charge in [0, 0.05) is 12.8 Å². The third-order valence-corrected chi connectivity index (χ3v) is 14.0. The standard InChI is InChI=1S/C50H93O18P/c1-3-5-7-9-11-13-15-17-18-19-21-22-24-26-28-30-32-39(52)63-35-37(65-40(53)33-31-29-27-25-23-20-16-14-12-10-8-6-4-2)36-64-69(61,62)68-49-46(59)44(57)43(56)45(58)48(49)67-50-47(60)42(55)41(54)38(34-51)66-50/h20,23,37-38,41-51,54-60H,3-19,21-22,24-36H2,1-2H3,(H,61,62)/b23-20-. The van der Waals surface area contributed by atoms with E-state index in [1.807, 2.05) is 0 Å². The van der Waals surface area contributed by atoms with E-state index in [4.69, 9.17) is 28.0 Å². The molecule has 13 unspecified atom stereocenters. The van der Waals surface area contributed by atoms with Gasteiger partial charge in [-0.3, -0.25) is 18.6 Å². The fraction of sp³-hybridized carbons (Fsp3) is 0.920. The van der Waals surface area contributed by atoms with Crippen molar-refractivity contribution < 1.29 is 87.9 Å². The number of rotatable bonds is 41. The Bertz CT molecular complexity index is 1390. The number of phosphoric acid groups is 1. The molecule has 406 valence electrons. The molecule has 69 heavy (non-hydrogen) atoms. The summed E-state index contributed by atoms with van der Waals surface area (Å²) in [5, 5.41) is 83.0. The molecule has 13 atom stereocenters. The lowest BCUT2D eigenvalue weighted by Crippen LogP contribution is -2.67. The van der Waals surface area contributed by atoms with Crippen molar-refractivity contribution in [3.05, 3.63) is 12.2 Å². The zero-order chi connectivity index (χ0) is 50.9. The second-order valence-electron chi connectivity index (χ2n) is 19.1. The Kier molecular flexibility index (Phi) is 35.0. The van der Waals surface area contributed by atoms with Gasteiger partial charge < -0.3 is 64.7 Å². The highest BCUT2D eigenvalue weighted by atomic mass is 31.2. The molecule has 0 spiro atoms. The maximum absolute atomic E-state index is 13.4. The van der Waals surface area contributed by atoms with Crippen molar-refractivity contribution in [2.75, 3.05) is 19.8 Å². The maximum atomic E-state index is 13.4. The van der Waals surface area contributed by atoms with E-state index in [-0.39, 0.29) is 12.8 Å². The maximum Gasteiger partial charge on any atom is 0.472 e. The minimum Gasteiger partial charge on any atom is -0.462 e. The van der Waals surface area contributed by atoms with Crippen molar-refractivity contribution in [1.82, 2.24) is 0 Å². The molecule has 0 aromatic heterocycles.